The number of H-pyrrole nitrogens is 1. The lowest BCUT2D eigenvalue weighted by Gasteiger charge is -2.03. The van der Waals surface area contributed by atoms with Crippen molar-refractivity contribution in [2.75, 3.05) is 5.73 Å². The summed E-state index contributed by atoms with van der Waals surface area (Å²) in [6.45, 7) is 0. The Labute approximate surface area is 146 Å². The molecular formula is C19H13N5O2. The molecule has 0 aliphatic carbocycles. The lowest BCUT2D eigenvalue weighted by molar-refractivity contribution is 0.100. The molecule has 0 saturated carbocycles. The van der Waals surface area contributed by atoms with Crippen molar-refractivity contribution in [2.45, 2.75) is 0 Å². The van der Waals surface area contributed by atoms with Crippen LogP contribution in [0.1, 0.15) is 15.9 Å². The van der Waals surface area contributed by atoms with Gasteiger partial charge in [-0.05, 0) is 30.3 Å². The van der Waals surface area contributed by atoms with Crippen molar-refractivity contribution in [1.82, 2.24) is 9.97 Å². The molecule has 7 nitrogen and oxygen atoms in total. The fourth-order valence-electron chi connectivity index (χ4n) is 3.59. The van der Waals surface area contributed by atoms with Gasteiger partial charge in [-0.3, -0.25) is 4.79 Å². The smallest absolute Gasteiger partial charge is 0.254 e. The average Bonchev–Trinajstić information content (AvgIpc) is 3.17. The number of nitrogens with zero attached hydrogens (tertiary/aromatic N) is 1. The molecule has 0 spiro atoms. The SMILES string of the molecule is N=Cc1c(N)ccc2nc3c(C(N)=O)c4oc5ccc[nH]c5c4cc3c12. The normalized spacial score (nSPS) is 11.7. The third-order valence-electron chi connectivity index (χ3n) is 4.70. The number of nitrogens with two attached hydrogens (primary N) is 2. The molecular weight excluding hydrogens is 330 g/mol. The first-order valence-electron chi connectivity index (χ1n) is 7.95. The molecule has 7 heteroatoms. The van der Waals surface area contributed by atoms with Gasteiger partial charge in [-0.1, -0.05) is 0 Å². The lowest BCUT2D eigenvalue weighted by atomic mass is 10.0. The van der Waals surface area contributed by atoms with Gasteiger partial charge in [-0.2, -0.15) is 0 Å². The van der Waals surface area contributed by atoms with E-state index in [9.17, 15) is 4.79 Å². The summed E-state index contributed by atoms with van der Waals surface area (Å²) >= 11 is 0. The highest BCUT2D eigenvalue weighted by Gasteiger charge is 2.23. The third-order valence-corrected chi connectivity index (χ3v) is 4.70. The molecule has 0 aliphatic heterocycles. The fraction of sp³-hybridized carbons (Fsp3) is 0. The maximum absolute atomic E-state index is 12.2. The highest BCUT2D eigenvalue weighted by molar-refractivity contribution is 6.27. The summed E-state index contributed by atoms with van der Waals surface area (Å²) < 4.78 is 5.89. The monoisotopic (exact) mass is 343 g/mol. The molecule has 1 amide bonds. The summed E-state index contributed by atoms with van der Waals surface area (Å²) in [7, 11) is 0. The quantitative estimate of drug-likeness (QED) is 0.289. The van der Waals surface area contributed by atoms with Gasteiger partial charge in [0.2, 0.25) is 0 Å². The van der Waals surface area contributed by atoms with E-state index < -0.39 is 5.91 Å². The largest absolute Gasteiger partial charge is 0.454 e. The molecule has 0 radical (unpaired) electrons. The number of nitrogen functional groups attached to an aromatic ring is 1. The molecule has 0 saturated heterocycles. The Bertz CT molecular complexity index is 1390. The van der Waals surface area contributed by atoms with Gasteiger partial charge in [0.25, 0.3) is 5.91 Å². The Morgan fingerprint density at radius 2 is 2.12 bits per heavy atom. The zero-order valence-electron chi connectivity index (χ0n) is 13.5. The first kappa shape index (κ1) is 14.5. The summed E-state index contributed by atoms with van der Waals surface area (Å²) in [5, 5.41) is 9.91. The van der Waals surface area contributed by atoms with Crippen LogP contribution in [-0.4, -0.2) is 22.1 Å². The van der Waals surface area contributed by atoms with Crippen molar-refractivity contribution in [3.8, 4) is 0 Å². The second kappa shape index (κ2) is 4.82. The number of pyridine rings is 1. The number of primary amides is 1. The highest BCUT2D eigenvalue weighted by atomic mass is 16.3. The van der Waals surface area contributed by atoms with E-state index in [1.807, 2.05) is 18.2 Å². The number of hydrogen-bond donors (Lipinski definition) is 4. The van der Waals surface area contributed by atoms with Crippen molar-refractivity contribution in [3.63, 3.8) is 0 Å². The number of carbonyl (C=O) groups is 1. The standard InChI is InChI=1S/C19H13N5O2/c20-7-10-11(21)3-4-12-14(10)8-6-9-16-13(2-1-5-23-16)26-18(9)15(19(22)25)17(8)24-12/h1-7,20,23H,21H2,(H2,22,25). The van der Waals surface area contributed by atoms with Crippen molar-refractivity contribution in [3.05, 3.63) is 47.7 Å². The van der Waals surface area contributed by atoms with Gasteiger partial charge in [-0.15, -0.1) is 0 Å². The Balaban J connectivity index is 2.12. The minimum atomic E-state index is -0.619. The predicted molar refractivity (Wildman–Crippen MR) is 102 cm³/mol. The van der Waals surface area contributed by atoms with Gasteiger partial charge in [0.05, 0.1) is 16.6 Å². The van der Waals surface area contributed by atoms with Crippen LogP contribution in [0.25, 0.3) is 43.9 Å². The summed E-state index contributed by atoms with van der Waals surface area (Å²) in [6.07, 6.45) is 2.99. The fourth-order valence-corrected chi connectivity index (χ4v) is 3.59. The number of aromatic nitrogens is 2. The predicted octanol–water partition coefficient (Wildman–Crippen LogP) is 3.29. The Morgan fingerprint density at radius 1 is 1.27 bits per heavy atom. The van der Waals surface area contributed by atoms with Crippen molar-refractivity contribution < 1.29 is 9.21 Å². The molecule has 126 valence electrons. The Kier molecular flexibility index (Phi) is 2.68. The number of furan rings is 1. The zero-order chi connectivity index (χ0) is 18.0. The molecule has 6 N–H and O–H groups in total. The van der Waals surface area contributed by atoms with Gasteiger partial charge in [0.1, 0.15) is 5.56 Å². The summed E-state index contributed by atoms with van der Waals surface area (Å²) in [5.41, 5.74) is 15.9. The van der Waals surface area contributed by atoms with E-state index in [0.717, 1.165) is 16.3 Å². The van der Waals surface area contributed by atoms with Crippen LogP contribution in [0, 0.1) is 5.41 Å². The van der Waals surface area contributed by atoms with Crippen LogP contribution in [0.2, 0.25) is 0 Å². The van der Waals surface area contributed by atoms with Crippen LogP contribution in [0.4, 0.5) is 5.69 Å². The molecule has 2 aromatic carbocycles. The van der Waals surface area contributed by atoms with Crippen molar-refractivity contribution in [1.29, 1.82) is 5.41 Å². The van der Waals surface area contributed by atoms with Gasteiger partial charge in [0.15, 0.2) is 11.2 Å². The van der Waals surface area contributed by atoms with E-state index in [0.29, 0.717) is 38.8 Å². The number of anilines is 1. The van der Waals surface area contributed by atoms with E-state index in [4.69, 9.17) is 21.3 Å². The second-order valence-corrected chi connectivity index (χ2v) is 6.12. The summed E-state index contributed by atoms with van der Waals surface area (Å²) in [4.78, 5) is 20.0. The molecule has 0 atom stereocenters. The van der Waals surface area contributed by atoms with Crippen LogP contribution >= 0.6 is 0 Å². The van der Waals surface area contributed by atoms with E-state index in [1.54, 1.807) is 18.3 Å². The van der Waals surface area contributed by atoms with Crippen LogP contribution in [0.5, 0.6) is 0 Å². The van der Waals surface area contributed by atoms with Crippen molar-refractivity contribution in [2.24, 2.45) is 5.73 Å². The molecule has 26 heavy (non-hydrogen) atoms. The van der Waals surface area contributed by atoms with Gasteiger partial charge >= 0.3 is 0 Å². The van der Waals surface area contributed by atoms with Crippen LogP contribution in [-0.2, 0) is 0 Å². The minimum Gasteiger partial charge on any atom is -0.454 e. The zero-order valence-corrected chi connectivity index (χ0v) is 13.5. The molecule has 0 fully saturated rings. The van der Waals surface area contributed by atoms with Gasteiger partial charge in [0, 0.05) is 39.8 Å². The molecule has 5 rings (SSSR count). The number of carbonyl (C=O) groups excluding carboxylic acids is 1. The number of benzene rings is 2. The number of hydrogen-bond acceptors (Lipinski definition) is 5. The number of aromatic amines is 1. The third kappa shape index (κ3) is 1.68. The van der Waals surface area contributed by atoms with E-state index in [-0.39, 0.29) is 5.56 Å². The second-order valence-electron chi connectivity index (χ2n) is 6.12. The van der Waals surface area contributed by atoms with Gasteiger partial charge < -0.3 is 26.3 Å². The van der Waals surface area contributed by atoms with Crippen LogP contribution in [0.3, 0.4) is 0 Å². The number of amides is 1. The van der Waals surface area contributed by atoms with Gasteiger partial charge in [-0.25, -0.2) is 4.98 Å². The molecule has 5 aromatic rings. The first-order valence-corrected chi connectivity index (χ1v) is 7.95. The minimum absolute atomic E-state index is 0.229. The topological polar surface area (TPSA) is 135 Å². The average molecular weight is 343 g/mol. The molecule has 3 aromatic heterocycles. The van der Waals surface area contributed by atoms with E-state index in [2.05, 4.69) is 9.97 Å². The Hall–Kier alpha value is -3.87. The van der Waals surface area contributed by atoms with E-state index in [1.165, 1.54) is 6.21 Å². The highest BCUT2D eigenvalue weighted by Crippen LogP contribution is 2.39. The number of nitrogens with one attached hydrogen (secondary N) is 2. The van der Waals surface area contributed by atoms with E-state index >= 15 is 0 Å². The lowest BCUT2D eigenvalue weighted by Crippen LogP contribution is -2.12. The molecule has 0 unspecified atom stereocenters. The maximum Gasteiger partial charge on any atom is 0.254 e. The van der Waals surface area contributed by atoms with Crippen LogP contribution in [0.15, 0.2) is 40.9 Å². The first-order chi connectivity index (χ1) is 12.6. The van der Waals surface area contributed by atoms with Crippen LogP contribution < -0.4 is 11.5 Å². The number of rotatable bonds is 2. The maximum atomic E-state index is 12.2. The molecule has 0 aliphatic rings. The molecule has 0 bridgehead atoms. The molecule has 3 heterocycles. The van der Waals surface area contributed by atoms with Crippen molar-refractivity contribution >= 4 is 61.7 Å². The Morgan fingerprint density at radius 3 is 2.88 bits per heavy atom. The summed E-state index contributed by atoms with van der Waals surface area (Å²) in [5.74, 6) is -0.619. The number of fused-ring (bicyclic) bond motifs is 6. The summed E-state index contributed by atoms with van der Waals surface area (Å²) in [6, 6.07) is 9.01.